The summed E-state index contributed by atoms with van der Waals surface area (Å²) in [6, 6.07) is 4.10. The normalized spacial score (nSPS) is 21.6. The van der Waals surface area contributed by atoms with Crippen molar-refractivity contribution in [1.82, 2.24) is 24.4 Å². The van der Waals surface area contributed by atoms with E-state index < -0.39 is 15.8 Å². The lowest BCUT2D eigenvalue weighted by Crippen LogP contribution is -2.40. The number of halogens is 1. The second-order valence-corrected chi connectivity index (χ2v) is 9.18. The first-order valence-electron chi connectivity index (χ1n) is 9.36. The Labute approximate surface area is 158 Å². The number of hydrogen-bond donors (Lipinski definition) is 1. The number of rotatable bonds is 3. The fourth-order valence-electron chi connectivity index (χ4n) is 3.85. The van der Waals surface area contributed by atoms with Gasteiger partial charge >= 0.3 is 0 Å². The summed E-state index contributed by atoms with van der Waals surface area (Å²) < 4.78 is 43.5. The molecule has 9 heteroatoms. The molecule has 0 amide bonds. The number of fused-ring (bicyclic) bond motifs is 1. The van der Waals surface area contributed by atoms with Crippen molar-refractivity contribution in [3.05, 3.63) is 41.2 Å². The minimum Gasteiger partial charge on any atom is -0.315 e. The van der Waals surface area contributed by atoms with Crippen molar-refractivity contribution in [2.45, 2.75) is 43.5 Å². The zero-order valence-corrected chi connectivity index (χ0v) is 16.2. The van der Waals surface area contributed by atoms with Crippen LogP contribution in [0.5, 0.6) is 0 Å². The lowest BCUT2D eigenvalue weighted by atomic mass is 9.99. The molecule has 1 saturated heterocycles. The first-order chi connectivity index (χ1) is 13.0. The Morgan fingerprint density at radius 1 is 1.22 bits per heavy atom. The Kier molecular flexibility index (Phi) is 5.00. The minimum absolute atomic E-state index is 0.00294. The van der Waals surface area contributed by atoms with E-state index in [2.05, 4.69) is 20.1 Å². The van der Waals surface area contributed by atoms with Crippen LogP contribution in [-0.2, 0) is 23.0 Å². The summed E-state index contributed by atoms with van der Waals surface area (Å²) >= 11 is 0. The van der Waals surface area contributed by atoms with Crippen LogP contribution >= 0.6 is 0 Å². The van der Waals surface area contributed by atoms with Gasteiger partial charge in [0.1, 0.15) is 17.5 Å². The Balaban J connectivity index is 1.59. The monoisotopic (exact) mass is 393 g/mol. The van der Waals surface area contributed by atoms with E-state index >= 15 is 0 Å². The zero-order valence-electron chi connectivity index (χ0n) is 15.4. The van der Waals surface area contributed by atoms with Crippen molar-refractivity contribution in [3.8, 4) is 0 Å². The van der Waals surface area contributed by atoms with Gasteiger partial charge in [-0.2, -0.15) is 4.31 Å². The third kappa shape index (κ3) is 3.51. The highest BCUT2D eigenvalue weighted by molar-refractivity contribution is 7.89. The van der Waals surface area contributed by atoms with Crippen molar-refractivity contribution in [2.75, 3.05) is 26.2 Å². The Morgan fingerprint density at radius 3 is 2.89 bits per heavy atom. The molecule has 1 atom stereocenters. The molecule has 146 valence electrons. The highest BCUT2D eigenvalue weighted by atomic mass is 32.2. The SMILES string of the molecule is Cc1ccc(S(=O)(=O)N2CCCC(c3nnc4n3CCNCC4)C2)cc1F. The van der Waals surface area contributed by atoms with Gasteiger partial charge in [0.15, 0.2) is 0 Å². The highest BCUT2D eigenvalue weighted by Crippen LogP contribution is 2.30. The topological polar surface area (TPSA) is 80.1 Å². The maximum absolute atomic E-state index is 13.9. The summed E-state index contributed by atoms with van der Waals surface area (Å²) in [6.07, 6.45) is 2.45. The quantitative estimate of drug-likeness (QED) is 0.854. The summed E-state index contributed by atoms with van der Waals surface area (Å²) in [5, 5.41) is 12.0. The lowest BCUT2D eigenvalue weighted by Gasteiger charge is -2.31. The summed E-state index contributed by atoms with van der Waals surface area (Å²) in [5.41, 5.74) is 0.435. The molecule has 2 aliphatic rings. The summed E-state index contributed by atoms with van der Waals surface area (Å²) in [6.45, 7) is 4.94. The number of piperidine rings is 1. The van der Waals surface area contributed by atoms with E-state index in [1.165, 1.54) is 16.4 Å². The largest absolute Gasteiger partial charge is 0.315 e. The van der Waals surface area contributed by atoms with E-state index in [1.54, 1.807) is 6.92 Å². The van der Waals surface area contributed by atoms with Crippen LogP contribution in [0.4, 0.5) is 4.39 Å². The fraction of sp³-hybridized carbons (Fsp3) is 0.556. The molecule has 1 aromatic heterocycles. The van der Waals surface area contributed by atoms with Crippen LogP contribution in [-0.4, -0.2) is 53.7 Å². The molecule has 0 saturated carbocycles. The molecule has 1 fully saturated rings. The Morgan fingerprint density at radius 2 is 2.07 bits per heavy atom. The fourth-order valence-corrected chi connectivity index (χ4v) is 5.39. The molecular weight excluding hydrogens is 369 g/mol. The van der Waals surface area contributed by atoms with Gasteiger partial charge in [-0.3, -0.25) is 0 Å². The van der Waals surface area contributed by atoms with Crippen LogP contribution in [0.15, 0.2) is 23.1 Å². The average molecular weight is 393 g/mol. The second kappa shape index (κ2) is 7.29. The molecular formula is C18H24FN5O2S. The Bertz CT molecular complexity index is 943. The molecule has 27 heavy (non-hydrogen) atoms. The highest BCUT2D eigenvalue weighted by Gasteiger charge is 2.34. The van der Waals surface area contributed by atoms with Gasteiger partial charge in [-0.25, -0.2) is 12.8 Å². The number of sulfonamides is 1. The smallest absolute Gasteiger partial charge is 0.243 e. The van der Waals surface area contributed by atoms with Crippen molar-refractivity contribution < 1.29 is 12.8 Å². The van der Waals surface area contributed by atoms with Crippen LogP contribution in [0.1, 0.15) is 36.0 Å². The van der Waals surface area contributed by atoms with Crippen LogP contribution in [0, 0.1) is 12.7 Å². The molecule has 7 nitrogen and oxygen atoms in total. The molecule has 2 aliphatic heterocycles. The Hall–Kier alpha value is -1.84. The number of aromatic nitrogens is 3. The van der Waals surface area contributed by atoms with Gasteiger partial charge in [0.2, 0.25) is 10.0 Å². The van der Waals surface area contributed by atoms with Gasteiger partial charge in [0, 0.05) is 45.1 Å². The number of aryl methyl sites for hydroxylation is 1. The maximum Gasteiger partial charge on any atom is 0.243 e. The van der Waals surface area contributed by atoms with Gasteiger partial charge in [-0.05, 0) is 37.5 Å². The number of nitrogens with one attached hydrogen (secondary N) is 1. The van der Waals surface area contributed by atoms with Crippen molar-refractivity contribution in [1.29, 1.82) is 0 Å². The van der Waals surface area contributed by atoms with E-state index in [4.69, 9.17) is 0 Å². The third-order valence-electron chi connectivity index (χ3n) is 5.42. The van der Waals surface area contributed by atoms with Gasteiger partial charge in [0.25, 0.3) is 0 Å². The minimum atomic E-state index is -3.73. The number of benzene rings is 1. The zero-order chi connectivity index (χ0) is 19.0. The lowest BCUT2D eigenvalue weighted by molar-refractivity contribution is 0.304. The van der Waals surface area contributed by atoms with E-state index in [9.17, 15) is 12.8 Å². The van der Waals surface area contributed by atoms with Crippen LogP contribution in [0.2, 0.25) is 0 Å². The second-order valence-electron chi connectivity index (χ2n) is 7.24. The standard InChI is InChI=1S/C18H24FN5O2S/c1-13-4-5-15(11-16(13)19)27(25,26)23-9-2-3-14(12-23)18-22-21-17-6-7-20-8-10-24(17)18/h4-5,11,14,20H,2-3,6-10,12H2,1H3. The van der Waals surface area contributed by atoms with E-state index in [-0.39, 0.29) is 10.8 Å². The van der Waals surface area contributed by atoms with Crippen LogP contribution < -0.4 is 5.32 Å². The van der Waals surface area contributed by atoms with Gasteiger partial charge < -0.3 is 9.88 Å². The van der Waals surface area contributed by atoms with Crippen molar-refractivity contribution in [2.24, 2.45) is 0 Å². The first-order valence-corrected chi connectivity index (χ1v) is 10.8. The van der Waals surface area contributed by atoms with E-state index in [0.717, 1.165) is 56.6 Å². The summed E-state index contributed by atoms with van der Waals surface area (Å²) in [5.74, 6) is 1.32. The molecule has 1 unspecified atom stereocenters. The molecule has 0 aliphatic carbocycles. The molecule has 0 radical (unpaired) electrons. The molecule has 0 spiro atoms. The number of nitrogens with zero attached hydrogens (tertiary/aromatic N) is 4. The van der Waals surface area contributed by atoms with Gasteiger partial charge in [-0.15, -0.1) is 10.2 Å². The average Bonchev–Trinajstić information content (AvgIpc) is 2.92. The van der Waals surface area contributed by atoms with Gasteiger partial charge in [0.05, 0.1) is 4.90 Å². The predicted octanol–water partition coefficient (Wildman–Crippen LogP) is 1.44. The molecule has 0 bridgehead atoms. The molecule has 2 aromatic rings. The molecule has 1 N–H and O–H groups in total. The van der Waals surface area contributed by atoms with E-state index in [0.29, 0.717) is 18.7 Å². The summed E-state index contributed by atoms with van der Waals surface area (Å²) in [7, 11) is -3.73. The van der Waals surface area contributed by atoms with Crippen molar-refractivity contribution in [3.63, 3.8) is 0 Å². The predicted molar refractivity (Wildman–Crippen MR) is 98.5 cm³/mol. The number of hydrogen-bond acceptors (Lipinski definition) is 5. The van der Waals surface area contributed by atoms with Crippen molar-refractivity contribution >= 4 is 10.0 Å². The van der Waals surface area contributed by atoms with Gasteiger partial charge in [-0.1, -0.05) is 6.07 Å². The molecule has 3 heterocycles. The maximum atomic E-state index is 13.9. The molecule has 1 aromatic carbocycles. The first kappa shape index (κ1) is 18.5. The van der Waals surface area contributed by atoms with E-state index in [1.807, 2.05) is 0 Å². The third-order valence-corrected chi connectivity index (χ3v) is 7.29. The van der Waals surface area contributed by atoms with Crippen LogP contribution in [0.25, 0.3) is 0 Å². The summed E-state index contributed by atoms with van der Waals surface area (Å²) in [4.78, 5) is 0.00974. The van der Waals surface area contributed by atoms with Crippen LogP contribution in [0.3, 0.4) is 0 Å². The molecule has 4 rings (SSSR count).